The summed E-state index contributed by atoms with van der Waals surface area (Å²) in [6.07, 6.45) is 0. The maximum atomic E-state index is 12.5. The highest BCUT2D eigenvalue weighted by molar-refractivity contribution is 7.89. The normalized spacial score (nSPS) is 11.4. The van der Waals surface area contributed by atoms with E-state index in [9.17, 15) is 18.0 Å². The Kier molecular flexibility index (Phi) is 6.40. The zero-order valence-electron chi connectivity index (χ0n) is 15.5. The Morgan fingerprint density at radius 2 is 1.78 bits per heavy atom. The van der Waals surface area contributed by atoms with Gasteiger partial charge in [0.05, 0.1) is 12.0 Å². The lowest BCUT2D eigenvalue weighted by Gasteiger charge is -2.16. The maximum absolute atomic E-state index is 12.5. The molecule has 0 fully saturated rings. The van der Waals surface area contributed by atoms with Crippen molar-refractivity contribution in [2.45, 2.75) is 25.3 Å². The minimum Gasteiger partial charge on any atom is -0.463 e. The van der Waals surface area contributed by atoms with E-state index in [1.807, 2.05) is 6.92 Å². The highest BCUT2D eigenvalue weighted by Crippen LogP contribution is 2.17. The second-order valence-corrected chi connectivity index (χ2v) is 8.00. The lowest BCUT2D eigenvalue weighted by Crippen LogP contribution is -2.33. The number of methoxy groups -OCH3 is 1. The van der Waals surface area contributed by atoms with Crippen molar-refractivity contribution in [3.05, 3.63) is 53.0 Å². The number of ether oxygens (including phenoxy) is 2. The van der Waals surface area contributed by atoms with Gasteiger partial charge in [0.15, 0.2) is 0 Å². The van der Waals surface area contributed by atoms with Crippen molar-refractivity contribution in [1.82, 2.24) is 4.31 Å². The van der Waals surface area contributed by atoms with Crippen LogP contribution < -0.4 is 0 Å². The van der Waals surface area contributed by atoms with E-state index in [0.29, 0.717) is 5.56 Å². The van der Waals surface area contributed by atoms with Crippen LogP contribution in [0.3, 0.4) is 0 Å². The molecule has 27 heavy (non-hydrogen) atoms. The Morgan fingerprint density at radius 1 is 1.15 bits per heavy atom. The number of sulfonamides is 1. The first kappa shape index (κ1) is 20.7. The third kappa shape index (κ3) is 4.95. The fourth-order valence-electron chi connectivity index (χ4n) is 2.27. The summed E-state index contributed by atoms with van der Waals surface area (Å²) >= 11 is 0. The number of likely N-dealkylation sites (N-methyl/N-ethyl adjacent to an activating group) is 1. The van der Waals surface area contributed by atoms with Gasteiger partial charge in [0.1, 0.15) is 18.9 Å². The van der Waals surface area contributed by atoms with E-state index < -0.39 is 28.5 Å². The number of carbonyl (C=O) groups is 2. The quantitative estimate of drug-likeness (QED) is 0.661. The number of benzene rings is 1. The van der Waals surface area contributed by atoms with Crippen LogP contribution in [0.5, 0.6) is 0 Å². The Balaban J connectivity index is 1.97. The first-order chi connectivity index (χ1) is 12.6. The fraction of sp³-hybridized carbons (Fsp3) is 0.333. The van der Waals surface area contributed by atoms with Gasteiger partial charge in [0.25, 0.3) is 0 Å². The van der Waals surface area contributed by atoms with Gasteiger partial charge >= 0.3 is 11.9 Å². The Hall–Kier alpha value is -2.65. The zero-order chi connectivity index (χ0) is 20.2. The van der Waals surface area contributed by atoms with Crippen LogP contribution in [0.2, 0.25) is 0 Å². The summed E-state index contributed by atoms with van der Waals surface area (Å²) in [7, 11) is -1.28. The zero-order valence-corrected chi connectivity index (χ0v) is 16.3. The molecule has 0 bridgehead atoms. The van der Waals surface area contributed by atoms with Crippen molar-refractivity contribution in [3.8, 4) is 0 Å². The number of carbonyl (C=O) groups excluding carboxylic acids is 2. The SMILES string of the molecule is COC(=O)c1oc(COC(=O)CN(C)S(=O)(=O)c2ccc(C)cc2)cc1C. The van der Waals surface area contributed by atoms with Crippen molar-refractivity contribution in [2.75, 3.05) is 20.7 Å². The summed E-state index contributed by atoms with van der Waals surface area (Å²) in [5, 5.41) is 0. The number of furan rings is 1. The predicted molar refractivity (Wildman–Crippen MR) is 95.6 cm³/mol. The smallest absolute Gasteiger partial charge is 0.374 e. The Morgan fingerprint density at radius 3 is 2.37 bits per heavy atom. The van der Waals surface area contributed by atoms with E-state index in [2.05, 4.69) is 4.74 Å². The van der Waals surface area contributed by atoms with Crippen molar-refractivity contribution < 1.29 is 31.9 Å². The number of esters is 2. The second-order valence-electron chi connectivity index (χ2n) is 5.95. The average molecular weight is 395 g/mol. The monoisotopic (exact) mass is 395 g/mol. The predicted octanol–water partition coefficient (Wildman–Crippen LogP) is 2.05. The molecule has 1 heterocycles. The van der Waals surface area contributed by atoms with Gasteiger partial charge in [0.2, 0.25) is 15.8 Å². The van der Waals surface area contributed by atoms with Gasteiger partial charge in [-0.2, -0.15) is 4.31 Å². The molecule has 8 nitrogen and oxygen atoms in total. The fourth-order valence-corrected chi connectivity index (χ4v) is 3.38. The van der Waals surface area contributed by atoms with Gasteiger partial charge in [-0.1, -0.05) is 17.7 Å². The molecule has 0 aliphatic carbocycles. The summed E-state index contributed by atoms with van der Waals surface area (Å²) in [5.41, 5.74) is 1.48. The summed E-state index contributed by atoms with van der Waals surface area (Å²) in [6, 6.07) is 7.86. The van der Waals surface area contributed by atoms with Gasteiger partial charge in [-0.15, -0.1) is 0 Å². The first-order valence-corrected chi connectivity index (χ1v) is 9.45. The molecular formula is C18H21NO7S. The van der Waals surface area contributed by atoms with E-state index in [4.69, 9.17) is 9.15 Å². The van der Waals surface area contributed by atoms with Crippen LogP contribution in [-0.2, 0) is 30.9 Å². The van der Waals surface area contributed by atoms with Crippen molar-refractivity contribution in [1.29, 1.82) is 0 Å². The third-order valence-electron chi connectivity index (χ3n) is 3.80. The molecule has 1 aromatic carbocycles. The van der Waals surface area contributed by atoms with Crippen LogP contribution in [0.1, 0.15) is 27.4 Å². The van der Waals surface area contributed by atoms with Gasteiger partial charge in [-0.3, -0.25) is 4.79 Å². The number of hydrogen-bond acceptors (Lipinski definition) is 7. The van der Waals surface area contributed by atoms with Crippen LogP contribution in [-0.4, -0.2) is 45.4 Å². The Labute approximate surface area is 157 Å². The topological polar surface area (TPSA) is 103 Å². The van der Waals surface area contributed by atoms with Gasteiger partial charge in [0, 0.05) is 12.6 Å². The summed E-state index contributed by atoms with van der Waals surface area (Å²) in [6.45, 7) is 2.82. The number of nitrogens with zero attached hydrogens (tertiary/aromatic N) is 1. The molecule has 0 spiro atoms. The van der Waals surface area contributed by atoms with Gasteiger partial charge < -0.3 is 13.9 Å². The van der Waals surface area contributed by atoms with Gasteiger partial charge in [-0.25, -0.2) is 13.2 Å². The van der Waals surface area contributed by atoms with Crippen LogP contribution in [0.15, 0.2) is 39.6 Å². The lowest BCUT2D eigenvalue weighted by molar-refractivity contribution is -0.145. The molecule has 0 saturated carbocycles. The first-order valence-electron chi connectivity index (χ1n) is 8.01. The van der Waals surface area contributed by atoms with Crippen LogP contribution in [0.25, 0.3) is 0 Å². The van der Waals surface area contributed by atoms with E-state index in [1.165, 1.54) is 26.3 Å². The molecule has 9 heteroatoms. The van der Waals surface area contributed by atoms with Gasteiger partial charge in [-0.05, 0) is 32.0 Å². The summed E-state index contributed by atoms with van der Waals surface area (Å²) < 4.78 is 40.7. The number of hydrogen-bond donors (Lipinski definition) is 0. The van der Waals surface area contributed by atoms with Crippen molar-refractivity contribution in [2.24, 2.45) is 0 Å². The van der Waals surface area contributed by atoms with Crippen LogP contribution in [0, 0.1) is 13.8 Å². The molecule has 0 aliphatic heterocycles. The largest absolute Gasteiger partial charge is 0.463 e. The molecule has 0 N–H and O–H groups in total. The molecule has 2 rings (SSSR count). The minimum atomic E-state index is -3.80. The molecule has 0 saturated heterocycles. The molecular weight excluding hydrogens is 374 g/mol. The van der Waals surface area contributed by atoms with E-state index >= 15 is 0 Å². The molecule has 1 aromatic heterocycles. The lowest BCUT2D eigenvalue weighted by atomic mass is 10.2. The molecule has 0 radical (unpaired) electrons. The molecule has 0 atom stereocenters. The second kappa shape index (κ2) is 8.36. The van der Waals surface area contributed by atoms with Crippen LogP contribution in [0.4, 0.5) is 0 Å². The molecule has 0 amide bonds. The van der Waals surface area contributed by atoms with Crippen LogP contribution >= 0.6 is 0 Å². The molecule has 0 aliphatic rings. The third-order valence-corrected chi connectivity index (χ3v) is 5.61. The Bertz CT molecular complexity index is 929. The summed E-state index contributed by atoms with van der Waals surface area (Å²) in [5.74, 6) is -1.09. The number of aryl methyl sites for hydroxylation is 2. The van der Waals surface area contributed by atoms with Crippen molar-refractivity contribution >= 4 is 22.0 Å². The summed E-state index contributed by atoms with van der Waals surface area (Å²) in [4.78, 5) is 23.6. The molecule has 0 unspecified atom stereocenters. The average Bonchev–Trinajstić information content (AvgIpc) is 3.00. The van der Waals surface area contributed by atoms with E-state index in [0.717, 1.165) is 9.87 Å². The maximum Gasteiger partial charge on any atom is 0.374 e. The molecule has 146 valence electrons. The van der Waals surface area contributed by atoms with Crippen molar-refractivity contribution in [3.63, 3.8) is 0 Å². The van der Waals surface area contributed by atoms with E-state index in [1.54, 1.807) is 25.1 Å². The number of rotatable bonds is 7. The van der Waals surface area contributed by atoms with E-state index in [-0.39, 0.29) is 23.0 Å². The molecule has 2 aromatic rings. The highest BCUT2D eigenvalue weighted by atomic mass is 32.2. The highest BCUT2D eigenvalue weighted by Gasteiger charge is 2.24. The minimum absolute atomic E-state index is 0.0302. The standard InChI is InChI=1S/C18H21NO7S/c1-12-5-7-15(8-6-12)27(22,23)19(3)10-16(20)25-11-14-9-13(2)17(26-14)18(21)24-4/h5-9H,10-11H2,1-4H3.